The van der Waals surface area contributed by atoms with Crippen LogP contribution in [-0.4, -0.2) is 56.5 Å². The van der Waals surface area contributed by atoms with E-state index in [-0.39, 0.29) is 12.4 Å². The van der Waals surface area contributed by atoms with Gasteiger partial charge in [0.2, 0.25) is 0 Å². The molecule has 2 atom stereocenters. The molecule has 4 nitrogen and oxygen atoms in total. The molecule has 2 aliphatic rings. The fourth-order valence-electron chi connectivity index (χ4n) is 3.27. The van der Waals surface area contributed by atoms with Crippen LogP contribution in [0, 0.1) is 0 Å². The number of fused-ring (bicyclic) bond motifs is 2. The van der Waals surface area contributed by atoms with Crippen LogP contribution in [0.1, 0.15) is 39.0 Å². The Hall–Kier alpha value is 0.160. The molecule has 6 heteroatoms. The molecule has 0 aromatic carbocycles. The van der Waals surface area contributed by atoms with E-state index in [2.05, 4.69) is 17.3 Å². The smallest absolute Gasteiger partial charge is 0.151 e. The third kappa shape index (κ3) is 4.88. The van der Waals surface area contributed by atoms with Crippen LogP contribution in [0.3, 0.4) is 0 Å². The lowest BCUT2D eigenvalue weighted by molar-refractivity contribution is 0.180. The zero-order valence-electron chi connectivity index (χ0n) is 12.0. The number of sulfone groups is 1. The van der Waals surface area contributed by atoms with Gasteiger partial charge >= 0.3 is 0 Å². The summed E-state index contributed by atoms with van der Waals surface area (Å²) in [6, 6.07) is 1.91. The minimum Gasteiger partial charge on any atom is -0.311 e. The number of halogens is 1. The molecule has 2 saturated heterocycles. The maximum Gasteiger partial charge on any atom is 0.151 e. The summed E-state index contributed by atoms with van der Waals surface area (Å²) in [6.07, 6.45) is 5.68. The Morgan fingerprint density at radius 3 is 2.26 bits per heavy atom. The highest BCUT2D eigenvalue weighted by Crippen LogP contribution is 2.29. The SMILES string of the molecule is CCCS(=O)(=O)CCN(C)C1CC2CCC(C1)N2.Cl. The predicted octanol–water partition coefficient (Wildman–Crippen LogP) is 1.45. The highest BCUT2D eigenvalue weighted by molar-refractivity contribution is 7.91. The number of hydrogen-bond acceptors (Lipinski definition) is 4. The second kappa shape index (κ2) is 7.25. The molecular weight excluding hydrogens is 284 g/mol. The van der Waals surface area contributed by atoms with Gasteiger partial charge < -0.3 is 10.2 Å². The summed E-state index contributed by atoms with van der Waals surface area (Å²) in [4.78, 5) is 2.26. The molecule has 0 amide bonds. The van der Waals surface area contributed by atoms with Crippen molar-refractivity contribution >= 4 is 22.2 Å². The monoisotopic (exact) mass is 310 g/mol. The second-order valence-electron chi connectivity index (χ2n) is 5.90. The van der Waals surface area contributed by atoms with E-state index in [0.717, 1.165) is 6.42 Å². The number of nitrogens with zero attached hydrogens (tertiary/aromatic N) is 1. The van der Waals surface area contributed by atoms with E-state index in [0.29, 0.717) is 36.2 Å². The number of rotatable bonds is 6. The highest BCUT2D eigenvalue weighted by Gasteiger charge is 2.35. The van der Waals surface area contributed by atoms with E-state index in [9.17, 15) is 8.42 Å². The normalized spacial score (nSPS) is 30.4. The van der Waals surface area contributed by atoms with Crippen LogP contribution < -0.4 is 5.32 Å². The van der Waals surface area contributed by atoms with Gasteiger partial charge in [-0.1, -0.05) is 6.92 Å². The topological polar surface area (TPSA) is 49.4 Å². The van der Waals surface area contributed by atoms with Crippen LogP contribution in [0.15, 0.2) is 0 Å². The van der Waals surface area contributed by atoms with E-state index in [1.165, 1.54) is 25.7 Å². The van der Waals surface area contributed by atoms with Crippen LogP contribution in [0.2, 0.25) is 0 Å². The van der Waals surface area contributed by atoms with Crippen LogP contribution in [-0.2, 0) is 9.84 Å². The molecule has 1 N–H and O–H groups in total. The maximum atomic E-state index is 11.7. The molecule has 114 valence electrons. The van der Waals surface area contributed by atoms with E-state index in [1.807, 2.05) is 6.92 Å². The van der Waals surface area contributed by atoms with Crippen LogP contribution >= 0.6 is 12.4 Å². The molecule has 0 aromatic heterocycles. The van der Waals surface area contributed by atoms with Crippen LogP contribution in [0.5, 0.6) is 0 Å². The quantitative estimate of drug-likeness (QED) is 0.807. The van der Waals surface area contributed by atoms with Gasteiger partial charge in [-0.3, -0.25) is 0 Å². The Bertz CT molecular complexity index is 363. The summed E-state index contributed by atoms with van der Waals surface area (Å²) < 4.78 is 23.4. The molecule has 2 fully saturated rings. The molecule has 19 heavy (non-hydrogen) atoms. The fraction of sp³-hybridized carbons (Fsp3) is 1.00. The average molecular weight is 311 g/mol. The summed E-state index contributed by atoms with van der Waals surface area (Å²) in [7, 11) is -0.754. The minimum atomic E-state index is -2.83. The Morgan fingerprint density at radius 1 is 1.16 bits per heavy atom. The van der Waals surface area contributed by atoms with Gasteiger partial charge in [0.25, 0.3) is 0 Å². The van der Waals surface area contributed by atoms with Gasteiger partial charge in [0, 0.05) is 30.4 Å². The summed E-state index contributed by atoms with van der Waals surface area (Å²) in [5.41, 5.74) is 0. The van der Waals surface area contributed by atoms with Gasteiger partial charge in [-0.15, -0.1) is 12.4 Å². The van der Waals surface area contributed by atoms with Crippen LogP contribution in [0.25, 0.3) is 0 Å². The molecule has 2 rings (SSSR count). The van der Waals surface area contributed by atoms with Gasteiger partial charge in [0.05, 0.1) is 5.75 Å². The molecule has 0 saturated carbocycles. The van der Waals surface area contributed by atoms with Crippen molar-refractivity contribution in [3.05, 3.63) is 0 Å². The molecular formula is C13H27ClN2O2S. The van der Waals surface area contributed by atoms with E-state index < -0.39 is 9.84 Å². The van der Waals surface area contributed by atoms with Crippen molar-refractivity contribution in [3.8, 4) is 0 Å². The molecule has 2 bridgehead atoms. The Kier molecular flexibility index (Phi) is 6.57. The first-order chi connectivity index (χ1) is 8.50. The summed E-state index contributed by atoms with van der Waals surface area (Å²) in [5, 5.41) is 3.62. The molecule has 2 unspecified atom stereocenters. The summed E-state index contributed by atoms with van der Waals surface area (Å²) in [5.74, 6) is 0.648. The summed E-state index contributed by atoms with van der Waals surface area (Å²) in [6.45, 7) is 2.61. The van der Waals surface area contributed by atoms with Crippen molar-refractivity contribution < 1.29 is 8.42 Å². The lowest BCUT2D eigenvalue weighted by atomic mass is 9.99. The average Bonchev–Trinajstić information content (AvgIpc) is 2.65. The van der Waals surface area contributed by atoms with Gasteiger partial charge in [0.1, 0.15) is 0 Å². The van der Waals surface area contributed by atoms with Gasteiger partial charge in [-0.2, -0.15) is 0 Å². The summed E-state index contributed by atoms with van der Waals surface area (Å²) >= 11 is 0. The van der Waals surface area contributed by atoms with Crippen molar-refractivity contribution in [2.45, 2.75) is 57.2 Å². The first kappa shape index (κ1) is 17.2. The Labute approximate surface area is 123 Å². The molecule has 2 heterocycles. The van der Waals surface area contributed by atoms with Gasteiger partial charge in [-0.05, 0) is 39.2 Å². The highest BCUT2D eigenvalue weighted by atomic mass is 35.5. The van der Waals surface area contributed by atoms with Crippen molar-refractivity contribution in [1.82, 2.24) is 10.2 Å². The lowest BCUT2D eigenvalue weighted by Gasteiger charge is -2.35. The molecule has 0 aromatic rings. The van der Waals surface area contributed by atoms with Gasteiger partial charge in [0.15, 0.2) is 9.84 Å². The van der Waals surface area contributed by atoms with E-state index >= 15 is 0 Å². The lowest BCUT2D eigenvalue weighted by Crippen LogP contribution is -2.47. The van der Waals surface area contributed by atoms with Crippen LogP contribution in [0.4, 0.5) is 0 Å². The first-order valence-electron chi connectivity index (χ1n) is 7.17. The molecule has 2 aliphatic heterocycles. The van der Waals surface area contributed by atoms with Crippen molar-refractivity contribution in [3.63, 3.8) is 0 Å². The zero-order valence-corrected chi connectivity index (χ0v) is 13.6. The number of piperidine rings is 1. The zero-order chi connectivity index (χ0) is 13.2. The maximum absolute atomic E-state index is 11.7. The third-order valence-electron chi connectivity index (χ3n) is 4.34. The minimum absolute atomic E-state index is 0. The standard InChI is InChI=1S/C13H26N2O2S.ClH/c1-3-7-18(16,17)8-6-15(2)13-9-11-4-5-12(10-13)14-11;/h11-14H,3-10H2,1-2H3;1H. The molecule has 0 aliphatic carbocycles. The Morgan fingerprint density at radius 2 is 1.74 bits per heavy atom. The van der Waals surface area contributed by atoms with Crippen molar-refractivity contribution in [1.29, 1.82) is 0 Å². The second-order valence-corrected chi connectivity index (χ2v) is 8.20. The van der Waals surface area contributed by atoms with E-state index in [4.69, 9.17) is 0 Å². The van der Waals surface area contributed by atoms with Gasteiger partial charge in [-0.25, -0.2) is 8.42 Å². The number of nitrogens with one attached hydrogen (secondary N) is 1. The number of hydrogen-bond donors (Lipinski definition) is 1. The van der Waals surface area contributed by atoms with Crippen molar-refractivity contribution in [2.75, 3.05) is 25.1 Å². The van der Waals surface area contributed by atoms with E-state index in [1.54, 1.807) is 0 Å². The Balaban J connectivity index is 0.00000180. The fourth-order valence-corrected chi connectivity index (χ4v) is 4.66. The molecule has 0 radical (unpaired) electrons. The van der Waals surface area contributed by atoms with Crippen molar-refractivity contribution in [2.24, 2.45) is 0 Å². The largest absolute Gasteiger partial charge is 0.311 e. The molecule has 0 spiro atoms. The first-order valence-corrected chi connectivity index (χ1v) is 8.99. The predicted molar refractivity (Wildman–Crippen MR) is 81.8 cm³/mol. The third-order valence-corrected chi connectivity index (χ3v) is 6.18.